The smallest absolute Gasteiger partial charge is 0.166 e. The molecule has 2 heterocycles. The lowest BCUT2D eigenvalue weighted by Gasteiger charge is -1.92. The zero-order valence-electron chi connectivity index (χ0n) is 6.94. The Balaban J connectivity index is 2.34. The van der Waals surface area contributed by atoms with E-state index in [1.54, 1.807) is 18.3 Å². The van der Waals surface area contributed by atoms with Gasteiger partial charge in [0.1, 0.15) is 10.7 Å². The number of pyridine rings is 1. The van der Waals surface area contributed by atoms with Crippen LogP contribution in [-0.4, -0.2) is 15.2 Å². The van der Waals surface area contributed by atoms with E-state index in [0.717, 1.165) is 15.7 Å². The predicted molar refractivity (Wildman–Crippen MR) is 57.7 cm³/mol. The van der Waals surface area contributed by atoms with Crippen molar-refractivity contribution < 1.29 is 0 Å². The lowest BCUT2D eigenvalue weighted by molar-refractivity contribution is 1.04. The van der Waals surface area contributed by atoms with Crippen LogP contribution in [0.2, 0.25) is 5.02 Å². The molecule has 0 saturated heterocycles. The molecule has 14 heavy (non-hydrogen) atoms. The second-order valence-electron chi connectivity index (χ2n) is 2.50. The molecular formula is C8H5Cl2N3S. The summed E-state index contributed by atoms with van der Waals surface area (Å²) in [6.45, 7) is 0. The Labute approximate surface area is 94.7 Å². The van der Waals surface area contributed by atoms with Crippen LogP contribution >= 0.6 is 34.5 Å². The highest BCUT2D eigenvalue weighted by atomic mass is 35.5. The normalized spacial score (nSPS) is 10.4. The van der Waals surface area contributed by atoms with Gasteiger partial charge < -0.3 is 0 Å². The summed E-state index contributed by atoms with van der Waals surface area (Å²) >= 11 is 12.8. The Hall–Kier alpha value is -0.710. The average Bonchev–Trinajstić information content (AvgIpc) is 2.67. The number of nitrogens with zero attached hydrogens (tertiary/aromatic N) is 3. The van der Waals surface area contributed by atoms with Crippen molar-refractivity contribution >= 4 is 34.5 Å². The standard InChI is InChI=1S/C8H5Cl2N3S/c9-3-7-12-13-8(14-7)6-2-1-5(10)4-11-6/h1-2,4H,3H2. The molecule has 3 nitrogen and oxygen atoms in total. The molecule has 0 bridgehead atoms. The number of alkyl halides is 1. The first-order chi connectivity index (χ1) is 6.79. The van der Waals surface area contributed by atoms with E-state index >= 15 is 0 Å². The SMILES string of the molecule is ClCc1nnc(-c2ccc(Cl)cn2)s1. The molecule has 2 aromatic heterocycles. The van der Waals surface area contributed by atoms with Gasteiger partial charge in [0.25, 0.3) is 0 Å². The molecule has 0 aromatic carbocycles. The van der Waals surface area contributed by atoms with E-state index in [1.807, 2.05) is 0 Å². The summed E-state index contributed by atoms with van der Waals surface area (Å²) in [6, 6.07) is 3.58. The van der Waals surface area contributed by atoms with Crippen LogP contribution in [-0.2, 0) is 5.88 Å². The number of aromatic nitrogens is 3. The Bertz CT molecular complexity index is 426. The maximum atomic E-state index is 5.72. The van der Waals surface area contributed by atoms with Gasteiger partial charge in [-0.05, 0) is 12.1 Å². The Kier molecular flexibility index (Phi) is 2.96. The summed E-state index contributed by atoms with van der Waals surface area (Å²) in [7, 11) is 0. The van der Waals surface area contributed by atoms with Gasteiger partial charge in [0.05, 0.1) is 10.9 Å². The highest BCUT2D eigenvalue weighted by molar-refractivity contribution is 7.14. The lowest BCUT2D eigenvalue weighted by Crippen LogP contribution is -1.81. The van der Waals surface area contributed by atoms with E-state index in [-0.39, 0.29) is 0 Å². The second-order valence-corrected chi connectivity index (χ2v) is 4.26. The molecule has 0 atom stereocenters. The van der Waals surface area contributed by atoms with Crippen LogP contribution in [0.3, 0.4) is 0 Å². The molecule has 72 valence electrons. The van der Waals surface area contributed by atoms with Crippen molar-refractivity contribution in [3.8, 4) is 10.7 Å². The van der Waals surface area contributed by atoms with Gasteiger partial charge in [-0.1, -0.05) is 22.9 Å². The number of hydrogen-bond donors (Lipinski definition) is 0. The zero-order chi connectivity index (χ0) is 9.97. The molecule has 0 fully saturated rings. The van der Waals surface area contributed by atoms with Crippen LogP contribution < -0.4 is 0 Å². The molecule has 0 saturated carbocycles. The minimum atomic E-state index is 0.380. The van der Waals surface area contributed by atoms with Gasteiger partial charge in [0, 0.05) is 6.20 Å². The molecule has 0 N–H and O–H groups in total. The van der Waals surface area contributed by atoms with Crippen molar-refractivity contribution in [2.45, 2.75) is 5.88 Å². The molecule has 0 spiro atoms. The second kappa shape index (κ2) is 4.21. The number of halogens is 2. The Morgan fingerprint density at radius 3 is 2.71 bits per heavy atom. The largest absolute Gasteiger partial charge is 0.252 e. The van der Waals surface area contributed by atoms with Crippen LogP contribution in [0.5, 0.6) is 0 Å². The number of hydrogen-bond acceptors (Lipinski definition) is 4. The molecule has 0 radical (unpaired) electrons. The highest BCUT2D eigenvalue weighted by Gasteiger charge is 2.06. The summed E-state index contributed by atoms with van der Waals surface area (Å²) in [5.41, 5.74) is 0.767. The maximum absolute atomic E-state index is 5.72. The van der Waals surface area contributed by atoms with E-state index in [2.05, 4.69) is 15.2 Å². The lowest BCUT2D eigenvalue weighted by atomic mass is 10.4. The Morgan fingerprint density at radius 2 is 2.14 bits per heavy atom. The fourth-order valence-electron chi connectivity index (χ4n) is 0.913. The molecular weight excluding hydrogens is 241 g/mol. The quantitative estimate of drug-likeness (QED) is 0.764. The maximum Gasteiger partial charge on any atom is 0.166 e. The van der Waals surface area contributed by atoms with E-state index in [1.165, 1.54) is 11.3 Å². The fourth-order valence-corrected chi connectivity index (χ4v) is 1.91. The van der Waals surface area contributed by atoms with Gasteiger partial charge in [-0.25, -0.2) is 0 Å². The summed E-state index contributed by atoms with van der Waals surface area (Å²) in [4.78, 5) is 4.13. The van der Waals surface area contributed by atoms with Gasteiger partial charge in [0.15, 0.2) is 5.01 Å². The Morgan fingerprint density at radius 1 is 1.29 bits per heavy atom. The molecule has 0 aliphatic rings. The molecule has 0 aliphatic carbocycles. The zero-order valence-corrected chi connectivity index (χ0v) is 9.27. The van der Waals surface area contributed by atoms with Gasteiger partial charge in [-0.2, -0.15) is 0 Å². The monoisotopic (exact) mass is 245 g/mol. The number of rotatable bonds is 2. The van der Waals surface area contributed by atoms with Crippen molar-refractivity contribution in [1.29, 1.82) is 0 Å². The van der Waals surface area contributed by atoms with E-state index in [9.17, 15) is 0 Å². The van der Waals surface area contributed by atoms with E-state index in [0.29, 0.717) is 10.9 Å². The van der Waals surface area contributed by atoms with Crippen molar-refractivity contribution in [1.82, 2.24) is 15.2 Å². The third kappa shape index (κ3) is 2.03. The van der Waals surface area contributed by atoms with Crippen molar-refractivity contribution in [3.05, 3.63) is 28.4 Å². The van der Waals surface area contributed by atoms with Crippen LogP contribution in [0.4, 0.5) is 0 Å². The minimum absolute atomic E-state index is 0.380. The molecule has 6 heteroatoms. The van der Waals surface area contributed by atoms with Gasteiger partial charge in [0.2, 0.25) is 0 Å². The van der Waals surface area contributed by atoms with Crippen LogP contribution in [0.15, 0.2) is 18.3 Å². The summed E-state index contributed by atoms with van der Waals surface area (Å²) < 4.78 is 0. The summed E-state index contributed by atoms with van der Waals surface area (Å²) in [6.07, 6.45) is 1.58. The van der Waals surface area contributed by atoms with E-state index < -0.39 is 0 Å². The van der Waals surface area contributed by atoms with Gasteiger partial charge >= 0.3 is 0 Å². The van der Waals surface area contributed by atoms with Crippen molar-refractivity contribution in [3.63, 3.8) is 0 Å². The third-order valence-corrected chi connectivity index (χ3v) is 3.11. The fraction of sp³-hybridized carbons (Fsp3) is 0.125. The van der Waals surface area contributed by atoms with Crippen molar-refractivity contribution in [2.75, 3.05) is 0 Å². The predicted octanol–water partition coefficient (Wildman–Crippen LogP) is 2.99. The molecule has 0 amide bonds. The molecule has 2 rings (SSSR count). The van der Waals surface area contributed by atoms with Crippen LogP contribution in [0, 0.1) is 0 Å². The molecule has 2 aromatic rings. The van der Waals surface area contributed by atoms with E-state index in [4.69, 9.17) is 23.2 Å². The third-order valence-electron chi connectivity index (χ3n) is 1.53. The molecule has 0 unspecified atom stereocenters. The van der Waals surface area contributed by atoms with Crippen LogP contribution in [0.25, 0.3) is 10.7 Å². The summed E-state index contributed by atoms with van der Waals surface area (Å²) in [5, 5.41) is 10.0. The minimum Gasteiger partial charge on any atom is -0.252 e. The van der Waals surface area contributed by atoms with Crippen molar-refractivity contribution in [2.24, 2.45) is 0 Å². The average molecular weight is 246 g/mol. The van der Waals surface area contributed by atoms with Crippen LogP contribution in [0.1, 0.15) is 5.01 Å². The summed E-state index contributed by atoms with van der Waals surface area (Å²) in [5.74, 6) is 0.380. The van der Waals surface area contributed by atoms with Gasteiger partial charge in [-0.3, -0.25) is 4.98 Å². The molecule has 0 aliphatic heterocycles. The topological polar surface area (TPSA) is 38.7 Å². The highest BCUT2D eigenvalue weighted by Crippen LogP contribution is 2.23. The van der Waals surface area contributed by atoms with Gasteiger partial charge in [-0.15, -0.1) is 21.8 Å². The first-order valence-corrected chi connectivity index (χ1v) is 5.53. The first-order valence-electron chi connectivity index (χ1n) is 3.80. The first kappa shape index (κ1) is 9.83.